The minimum atomic E-state index is -0.230. The van der Waals surface area contributed by atoms with Crippen LogP contribution in [0.3, 0.4) is 0 Å². The topological polar surface area (TPSA) is 46.3 Å². The number of nitrogens with two attached hydrogens (primary N) is 1. The first-order valence-electron chi connectivity index (χ1n) is 4.82. The van der Waals surface area contributed by atoms with Crippen LogP contribution in [0.15, 0.2) is 16.8 Å². The van der Waals surface area contributed by atoms with Crippen molar-refractivity contribution in [1.29, 1.82) is 0 Å². The van der Waals surface area contributed by atoms with Crippen LogP contribution in [0.1, 0.15) is 24.4 Å². The Labute approximate surface area is 87.5 Å². The van der Waals surface area contributed by atoms with Gasteiger partial charge >= 0.3 is 0 Å². The van der Waals surface area contributed by atoms with Gasteiger partial charge in [-0.3, -0.25) is 9.69 Å². The molecule has 1 unspecified atom stereocenters. The fourth-order valence-electron chi connectivity index (χ4n) is 2.06. The van der Waals surface area contributed by atoms with Crippen LogP contribution in [0, 0.1) is 0 Å². The molecule has 2 rings (SSSR count). The minimum Gasteiger partial charge on any atom is -0.369 e. The highest BCUT2D eigenvalue weighted by Crippen LogP contribution is 2.32. The molecule has 1 atom stereocenters. The van der Waals surface area contributed by atoms with Crippen LogP contribution in [0.4, 0.5) is 0 Å². The van der Waals surface area contributed by atoms with Crippen molar-refractivity contribution in [2.24, 2.45) is 5.73 Å². The fraction of sp³-hybridized carbons (Fsp3) is 0.500. The first kappa shape index (κ1) is 9.68. The molecular formula is C10H14N2OS. The number of carbonyl (C=O) groups is 1. The van der Waals surface area contributed by atoms with E-state index in [0.717, 1.165) is 19.4 Å². The second-order valence-corrected chi connectivity index (χ2v) is 4.43. The third-order valence-corrected chi connectivity index (χ3v) is 3.35. The van der Waals surface area contributed by atoms with Crippen molar-refractivity contribution in [1.82, 2.24) is 4.90 Å². The van der Waals surface area contributed by atoms with Gasteiger partial charge in [-0.05, 0) is 41.8 Å². The van der Waals surface area contributed by atoms with Gasteiger partial charge in [0.2, 0.25) is 5.91 Å². The molecule has 0 bridgehead atoms. The summed E-state index contributed by atoms with van der Waals surface area (Å²) in [6, 6.07) is 2.54. The zero-order chi connectivity index (χ0) is 9.97. The average molecular weight is 210 g/mol. The van der Waals surface area contributed by atoms with E-state index in [0.29, 0.717) is 12.6 Å². The van der Waals surface area contributed by atoms with E-state index in [4.69, 9.17) is 5.73 Å². The summed E-state index contributed by atoms with van der Waals surface area (Å²) in [6.07, 6.45) is 2.30. The molecule has 2 N–H and O–H groups in total. The summed E-state index contributed by atoms with van der Waals surface area (Å²) in [5, 5.41) is 4.24. The maximum absolute atomic E-state index is 10.9. The highest BCUT2D eigenvalue weighted by atomic mass is 32.1. The summed E-state index contributed by atoms with van der Waals surface area (Å²) in [7, 11) is 0. The van der Waals surface area contributed by atoms with E-state index in [2.05, 4.69) is 21.7 Å². The van der Waals surface area contributed by atoms with Gasteiger partial charge in [0.15, 0.2) is 0 Å². The minimum absolute atomic E-state index is 0.230. The number of nitrogens with zero attached hydrogens (tertiary/aromatic N) is 1. The molecule has 0 spiro atoms. The lowest BCUT2D eigenvalue weighted by Crippen LogP contribution is -2.33. The van der Waals surface area contributed by atoms with Gasteiger partial charge in [-0.2, -0.15) is 11.3 Å². The predicted octanol–water partition coefficient (Wildman–Crippen LogP) is 1.37. The van der Waals surface area contributed by atoms with Crippen LogP contribution in [0.25, 0.3) is 0 Å². The standard InChI is InChI=1S/C10H14N2OS/c11-10(13)6-12-4-1-2-9(12)8-3-5-14-7-8/h3,5,7,9H,1-2,4,6H2,(H2,11,13). The van der Waals surface area contributed by atoms with E-state index in [-0.39, 0.29) is 5.91 Å². The van der Waals surface area contributed by atoms with Crippen LogP contribution in [-0.4, -0.2) is 23.9 Å². The van der Waals surface area contributed by atoms with Gasteiger partial charge in [-0.25, -0.2) is 0 Å². The summed E-state index contributed by atoms with van der Waals surface area (Å²) in [4.78, 5) is 13.0. The van der Waals surface area contributed by atoms with E-state index >= 15 is 0 Å². The second kappa shape index (κ2) is 4.11. The first-order chi connectivity index (χ1) is 6.77. The summed E-state index contributed by atoms with van der Waals surface area (Å²) in [6.45, 7) is 1.38. The zero-order valence-corrected chi connectivity index (χ0v) is 8.80. The summed E-state index contributed by atoms with van der Waals surface area (Å²) >= 11 is 1.70. The van der Waals surface area contributed by atoms with E-state index in [1.807, 2.05) is 0 Å². The van der Waals surface area contributed by atoms with Crippen LogP contribution in [0.5, 0.6) is 0 Å². The third kappa shape index (κ3) is 1.96. The maximum atomic E-state index is 10.9. The van der Waals surface area contributed by atoms with Gasteiger partial charge in [0, 0.05) is 6.04 Å². The number of amides is 1. The molecule has 14 heavy (non-hydrogen) atoms. The molecule has 1 fully saturated rings. The number of likely N-dealkylation sites (tertiary alicyclic amines) is 1. The highest BCUT2D eigenvalue weighted by Gasteiger charge is 2.26. The van der Waals surface area contributed by atoms with Gasteiger partial charge < -0.3 is 5.73 Å². The molecule has 1 amide bonds. The zero-order valence-electron chi connectivity index (χ0n) is 7.98. The third-order valence-electron chi connectivity index (χ3n) is 2.65. The average Bonchev–Trinajstić information content (AvgIpc) is 2.70. The molecule has 1 aromatic heterocycles. The predicted molar refractivity (Wildman–Crippen MR) is 57.1 cm³/mol. The monoisotopic (exact) mass is 210 g/mol. The molecule has 0 aromatic carbocycles. The largest absolute Gasteiger partial charge is 0.369 e. The Bertz CT molecular complexity index is 310. The SMILES string of the molecule is NC(=O)CN1CCCC1c1ccsc1. The molecule has 0 radical (unpaired) electrons. The summed E-state index contributed by atoms with van der Waals surface area (Å²) < 4.78 is 0. The molecule has 0 aliphatic carbocycles. The highest BCUT2D eigenvalue weighted by molar-refractivity contribution is 7.07. The smallest absolute Gasteiger partial charge is 0.231 e. The van der Waals surface area contributed by atoms with Crippen molar-refractivity contribution >= 4 is 17.2 Å². The second-order valence-electron chi connectivity index (χ2n) is 3.65. The lowest BCUT2D eigenvalue weighted by atomic mass is 10.1. The molecule has 0 saturated carbocycles. The molecule has 3 nitrogen and oxygen atoms in total. The van der Waals surface area contributed by atoms with E-state index in [9.17, 15) is 4.79 Å². The molecule has 76 valence electrons. The van der Waals surface area contributed by atoms with Gasteiger partial charge in [-0.15, -0.1) is 0 Å². The van der Waals surface area contributed by atoms with Gasteiger partial charge in [0.05, 0.1) is 6.54 Å². The Balaban J connectivity index is 2.07. The quantitative estimate of drug-likeness (QED) is 0.819. The number of hydrogen-bond donors (Lipinski definition) is 1. The van der Waals surface area contributed by atoms with Gasteiger partial charge in [-0.1, -0.05) is 0 Å². The molecular weight excluding hydrogens is 196 g/mol. The van der Waals surface area contributed by atoms with Gasteiger partial charge in [0.1, 0.15) is 0 Å². The van der Waals surface area contributed by atoms with Crippen LogP contribution in [0.2, 0.25) is 0 Å². The number of rotatable bonds is 3. The van der Waals surface area contributed by atoms with E-state index in [1.54, 1.807) is 11.3 Å². The van der Waals surface area contributed by atoms with Crippen LogP contribution >= 0.6 is 11.3 Å². The molecule has 1 aromatic rings. The summed E-state index contributed by atoms with van der Waals surface area (Å²) in [5.74, 6) is -0.230. The molecule has 1 aliphatic heterocycles. The van der Waals surface area contributed by atoms with Crippen LogP contribution < -0.4 is 5.73 Å². The number of hydrogen-bond acceptors (Lipinski definition) is 3. The lowest BCUT2D eigenvalue weighted by molar-refractivity contribution is -0.119. The van der Waals surface area contributed by atoms with E-state index < -0.39 is 0 Å². The number of thiophene rings is 1. The Kier molecular flexibility index (Phi) is 2.84. The molecule has 1 saturated heterocycles. The lowest BCUT2D eigenvalue weighted by Gasteiger charge is -2.21. The molecule has 2 heterocycles. The van der Waals surface area contributed by atoms with Crippen molar-refractivity contribution in [3.8, 4) is 0 Å². The summed E-state index contributed by atoms with van der Waals surface area (Å²) in [5.41, 5.74) is 6.54. The first-order valence-corrected chi connectivity index (χ1v) is 5.76. The van der Waals surface area contributed by atoms with Crippen molar-refractivity contribution < 1.29 is 4.79 Å². The Hall–Kier alpha value is -0.870. The Morgan fingerprint density at radius 2 is 2.57 bits per heavy atom. The van der Waals surface area contributed by atoms with Crippen LogP contribution in [-0.2, 0) is 4.79 Å². The normalized spacial score (nSPS) is 22.7. The van der Waals surface area contributed by atoms with Crippen molar-refractivity contribution in [2.75, 3.05) is 13.1 Å². The van der Waals surface area contributed by atoms with E-state index in [1.165, 1.54) is 5.56 Å². The van der Waals surface area contributed by atoms with Crippen molar-refractivity contribution in [3.05, 3.63) is 22.4 Å². The molecule has 4 heteroatoms. The van der Waals surface area contributed by atoms with Crippen molar-refractivity contribution in [3.63, 3.8) is 0 Å². The molecule has 1 aliphatic rings. The number of carbonyl (C=O) groups excluding carboxylic acids is 1. The fourth-order valence-corrected chi connectivity index (χ4v) is 2.76. The Morgan fingerprint density at radius 1 is 1.71 bits per heavy atom. The maximum Gasteiger partial charge on any atom is 0.231 e. The van der Waals surface area contributed by atoms with Gasteiger partial charge in [0.25, 0.3) is 0 Å². The number of primary amides is 1. The Morgan fingerprint density at radius 3 is 3.21 bits per heavy atom. The van der Waals surface area contributed by atoms with Crippen molar-refractivity contribution in [2.45, 2.75) is 18.9 Å².